The number of hydrogen-bond donors (Lipinski definition) is 3. The van der Waals surface area contributed by atoms with Gasteiger partial charge in [-0.1, -0.05) is 0 Å². The standard InChI is InChI=1S/C10H14N2O5S/c1-6(10(14)17-2)12-18(15,16)7-3-4-9(13)8(11)5-7/h3-6,12-13H,11H2,1-2H3. The lowest BCUT2D eigenvalue weighted by Gasteiger charge is -2.12. The highest BCUT2D eigenvalue weighted by atomic mass is 32.2. The Hall–Kier alpha value is -1.80. The number of carbonyl (C=O) groups excluding carboxylic acids is 1. The quantitative estimate of drug-likeness (QED) is 0.398. The Kier molecular flexibility index (Phi) is 4.15. The number of nitrogen functional groups attached to an aromatic ring is 1. The van der Waals surface area contributed by atoms with Crippen LogP contribution >= 0.6 is 0 Å². The smallest absolute Gasteiger partial charge is 0.323 e. The first-order valence-electron chi connectivity index (χ1n) is 4.96. The molecule has 1 unspecified atom stereocenters. The molecule has 1 rings (SSSR count). The van der Waals surface area contributed by atoms with Gasteiger partial charge < -0.3 is 15.6 Å². The summed E-state index contributed by atoms with van der Waals surface area (Å²) in [6.45, 7) is 1.35. The number of ether oxygens (including phenoxy) is 1. The van der Waals surface area contributed by atoms with E-state index in [2.05, 4.69) is 9.46 Å². The summed E-state index contributed by atoms with van der Waals surface area (Å²) in [6.07, 6.45) is 0. The zero-order chi connectivity index (χ0) is 13.9. The van der Waals surface area contributed by atoms with Gasteiger partial charge in [-0.3, -0.25) is 4.79 Å². The Balaban J connectivity index is 3.00. The summed E-state index contributed by atoms with van der Waals surface area (Å²) in [5.74, 6) is -0.916. The van der Waals surface area contributed by atoms with Crippen molar-refractivity contribution < 1.29 is 23.1 Å². The fraction of sp³-hybridized carbons (Fsp3) is 0.300. The molecule has 0 radical (unpaired) electrons. The van der Waals surface area contributed by atoms with Gasteiger partial charge in [0.15, 0.2) is 0 Å². The van der Waals surface area contributed by atoms with Crippen LogP contribution in [-0.4, -0.2) is 32.6 Å². The lowest BCUT2D eigenvalue weighted by Crippen LogP contribution is -2.39. The molecule has 0 saturated heterocycles. The third-order valence-electron chi connectivity index (χ3n) is 2.20. The first-order chi connectivity index (χ1) is 8.27. The van der Waals surface area contributed by atoms with Crippen molar-refractivity contribution in [2.24, 2.45) is 0 Å². The van der Waals surface area contributed by atoms with Gasteiger partial charge in [0.05, 0.1) is 17.7 Å². The molecule has 1 aromatic carbocycles. The highest BCUT2D eigenvalue weighted by molar-refractivity contribution is 7.89. The first-order valence-corrected chi connectivity index (χ1v) is 6.45. The normalized spacial score (nSPS) is 13.0. The number of phenolic OH excluding ortho intramolecular Hbond substituents is 1. The first kappa shape index (κ1) is 14.3. The minimum atomic E-state index is -3.90. The van der Waals surface area contributed by atoms with Crippen molar-refractivity contribution >= 4 is 21.7 Å². The SMILES string of the molecule is COC(=O)C(C)NS(=O)(=O)c1ccc(O)c(N)c1. The average molecular weight is 274 g/mol. The molecule has 0 spiro atoms. The zero-order valence-electron chi connectivity index (χ0n) is 9.88. The Labute approximate surface area is 105 Å². The van der Waals surface area contributed by atoms with Gasteiger partial charge in [0.1, 0.15) is 11.8 Å². The van der Waals surface area contributed by atoms with Crippen molar-refractivity contribution in [1.82, 2.24) is 4.72 Å². The minimum Gasteiger partial charge on any atom is -0.506 e. The van der Waals surface area contributed by atoms with Crippen molar-refractivity contribution in [2.45, 2.75) is 17.9 Å². The summed E-state index contributed by atoms with van der Waals surface area (Å²) in [4.78, 5) is 11.0. The van der Waals surface area contributed by atoms with Crippen molar-refractivity contribution in [3.63, 3.8) is 0 Å². The summed E-state index contributed by atoms with van der Waals surface area (Å²) < 4.78 is 30.3. The van der Waals surface area contributed by atoms with Gasteiger partial charge in [-0.25, -0.2) is 8.42 Å². The number of carbonyl (C=O) groups is 1. The maximum absolute atomic E-state index is 11.9. The summed E-state index contributed by atoms with van der Waals surface area (Å²) in [5, 5.41) is 9.20. The van der Waals surface area contributed by atoms with E-state index < -0.39 is 22.0 Å². The number of rotatable bonds is 4. The van der Waals surface area contributed by atoms with Crippen LogP contribution in [0.1, 0.15) is 6.92 Å². The van der Waals surface area contributed by atoms with E-state index in [9.17, 15) is 18.3 Å². The number of nitrogens with two attached hydrogens (primary N) is 1. The maximum Gasteiger partial charge on any atom is 0.323 e. The zero-order valence-corrected chi connectivity index (χ0v) is 10.7. The number of esters is 1. The van der Waals surface area contributed by atoms with Gasteiger partial charge in [-0.2, -0.15) is 4.72 Å². The van der Waals surface area contributed by atoms with Crippen LogP contribution in [0.25, 0.3) is 0 Å². The molecule has 0 aliphatic rings. The summed E-state index contributed by atoms with van der Waals surface area (Å²) in [7, 11) is -2.74. The van der Waals surface area contributed by atoms with Crippen LogP contribution < -0.4 is 10.5 Å². The molecule has 0 aliphatic carbocycles. The molecular weight excluding hydrogens is 260 g/mol. The number of phenols is 1. The predicted octanol–water partition coefficient (Wildman–Crippen LogP) is -0.186. The number of methoxy groups -OCH3 is 1. The minimum absolute atomic E-state index is 0.0661. The molecule has 0 amide bonds. The molecule has 7 nitrogen and oxygen atoms in total. The fourth-order valence-corrected chi connectivity index (χ4v) is 2.45. The van der Waals surface area contributed by atoms with Crippen LogP contribution in [0.2, 0.25) is 0 Å². The average Bonchev–Trinajstić information content (AvgIpc) is 2.30. The Morgan fingerprint density at radius 3 is 2.61 bits per heavy atom. The number of hydrogen-bond acceptors (Lipinski definition) is 6. The molecule has 1 aromatic rings. The lowest BCUT2D eigenvalue weighted by molar-refractivity contribution is -0.142. The van der Waals surface area contributed by atoms with E-state index in [4.69, 9.17) is 5.73 Å². The molecule has 1 atom stereocenters. The maximum atomic E-state index is 11.9. The van der Waals surface area contributed by atoms with Crippen molar-refractivity contribution in [1.29, 1.82) is 0 Å². The van der Waals surface area contributed by atoms with Crippen LogP contribution in [0.15, 0.2) is 23.1 Å². The van der Waals surface area contributed by atoms with Gasteiger partial charge in [-0.05, 0) is 25.1 Å². The highest BCUT2D eigenvalue weighted by Crippen LogP contribution is 2.23. The van der Waals surface area contributed by atoms with E-state index >= 15 is 0 Å². The third kappa shape index (κ3) is 3.11. The monoisotopic (exact) mass is 274 g/mol. The summed E-state index contributed by atoms with van der Waals surface area (Å²) in [6, 6.07) is 2.42. The van der Waals surface area contributed by atoms with E-state index in [-0.39, 0.29) is 16.3 Å². The van der Waals surface area contributed by atoms with Crippen LogP contribution in [-0.2, 0) is 19.6 Å². The molecular formula is C10H14N2O5S. The van der Waals surface area contributed by atoms with E-state index in [1.54, 1.807) is 0 Å². The second-order valence-electron chi connectivity index (χ2n) is 3.59. The summed E-state index contributed by atoms with van der Waals surface area (Å²) in [5.41, 5.74) is 5.33. The molecule has 0 saturated carbocycles. The van der Waals surface area contributed by atoms with Gasteiger partial charge in [0.25, 0.3) is 0 Å². The van der Waals surface area contributed by atoms with Crippen LogP contribution in [0, 0.1) is 0 Å². The molecule has 0 bridgehead atoms. The van der Waals surface area contributed by atoms with Crippen molar-refractivity contribution in [2.75, 3.05) is 12.8 Å². The number of aromatic hydroxyl groups is 1. The Bertz CT molecular complexity index is 555. The second-order valence-corrected chi connectivity index (χ2v) is 5.30. The van der Waals surface area contributed by atoms with Crippen LogP contribution in [0.3, 0.4) is 0 Å². The molecule has 18 heavy (non-hydrogen) atoms. The van der Waals surface area contributed by atoms with Crippen LogP contribution in [0.5, 0.6) is 5.75 Å². The number of nitrogens with one attached hydrogen (secondary N) is 1. The fourth-order valence-electron chi connectivity index (χ4n) is 1.23. The van der Waals surface area contributed by atoms with Crippen molar-refractivity contribution in [3.05, 3.63) is 18.2 Å². The molecule has 0 aliphatic heterocycles. The second kappa shape index (κ2) is 5.23. The summed E-state index contributed by atoms with van der Waals surface area (Å²) >= 11 is 0. The molecule has 4 N–H and O–H groups in total. The van der Waals surface area contributed by atoms with Gasteiger partial charge in [0, 0.05) is 0 Å². The molecule has 0 fully saturated rings. The molecule has 0 aromatic heterocycles. The van der Waals surface area contributed by atoms with Crippen molar-refractivity contribution in [3.8, 4) is 5.75 Å². The van der Waals surface area contributed by atoms with Gasteiger partial charge in [0.2, 0.25) is 10.0 Å². The number of sulfonamides is 1. The predicted molar refractivity (Wildman–Crippen MR) is 64.3 cm³/mol. The molecule has 100 valence electrons. The van der Waals surface area contributed by atoms with E-state index in [0.29, 0.717) is 0 Å². The Morgan fingerprint density at radius 1 is 1.50 bits per heavy atom. The topological polar surface area (TPSA) is 119 Å². The van der Waals surface area contributed by atoms with Gasteiger partial charge in [-0.15, -0.1) is 0 Å². The molecule has 8 heteroatoms. The molecule has 0 heterocycles. The Morgan fingerprint density at radius 2 is 2.11 bits per heavy atom. The highest BCUT2D eigenvalue weighted by Gasteiger charge is 2.22. The van der Waals surface area contributed by atoms with Gasteiger partial charge >= 0.3 is 5.97 Å². The largest absolute Gasteiger partial charge is 0.506 e. The van der Waals surface area contributed by atoms with E-state index in [0.717, 1.165) is 19.2 Å². The lowest BCUT2D eigenvalue weighted by atomic mass is 10.3. The number of benzene rings is 1. The van der Waals surface area contributed by atoms with E-state index in [1.807, 2.05) is 0 Å². The van der Waals surface area contributed by atoms with Crippen LogP contribution in [0.4, 0.5) is 5.69 Å². The number of anilines is 1. The third-order valence-corrected chi connectivity index (χ3v) is 3.73. The van der Waals surface area contributed by atoms with E-state index in [1.165, 1.54) is 13.0 Å².